The summed E-state index contributed by atoms with van der Waals surface area (Å²) in [7, 11) is 0. The van der Waals surface area contributed by atoms with Gasteiger partial charge in [-0.2, -0.15) is 4.99 Å². The van der Waals surface area contributed by atoms with Crippen LogP contribution in [-0.4, -0.2) is 46.4 Å². The number of pyridine rings is 1. The van der Waals surface area contributed by atoms with Crippen LogP contribution in [0.15, 0.2) is 71.9 Å². The van der Waals surface area contributed by atoms with Gasteiger partial charge < -0.3 is 5.32 Å². The summed E-state index contributed by atoms with van der Waals surface area (Å²) >= 11 is 0. The summed E-state index contributed by atoms with van der Waals surface area (Å²) in [5.41, 5.74) is 4.55. The Morgan fingerprint density at radius 3 is 2.56 bits per heavy atom. The Bertz CT molecular complexity index is 1370. The quantitative estimate of drug-likeness (QED) is 0.414. The summed E-state index contributed by atoms with van der Waals surface area (Å²) in [5.74, 6) is 0.431. The van der Waals surface area contributed by atoms with Crippen molar-refractivity contribution >= 4 is 17.6 Å². The van der Waals surface area contributed by atoms with E-state index in [1.807, 2.05) is 18.3 Å². The fraction of sp³-hybridized carbons (Fsp3) is 0.406. The molecule has 1 aliphatic carbocycles. The number of aryl methyl sites for hydroxylation is 1. The number of aromatic nitrogens is 1. The summed E-state index contributed by atoms with van der Waals surface area (Å²) in [6.07, 6.45) is 9.18. The van der Waals surface area contributed by atoms with Gasteiger partial charge in [-0.15, -0.1) is 0 Å². The molecule has 7 heteroatoms. The van der Waals surface area contributed by atoms with Crippen LogP contribution in [-0.2, 0) is 6.54 Å². The highest BCUT2D eigenvalue weighted by atomic mass is 19.1. The lowest BCUT2D eigenvalue weighted by molar-refractivity contribution is 0.181. The molecule has 202 valence electrons. The summed E-state index contributed by atoms with van der Waals surface area (Å²) in [5, 5.41) is 3.69. The number of anilines is 1. The zero-order chi connectivity index (χ0) is 26.8. The highest BCUT2D eigenvalue weighted by Crippen LogP contribution is 2.39. The number of carbonyl (C=O) groups is 1. The zero-order valence-electron chi connectivity index (χ0n) is 22.6. The van der Waals surface area contributed by atoms with Crippen molar-refractivity contribution < 1.29 is 9.18 Å². The van der Waals surface area contributed by atoms with Crippen molar-refractivity contribution in [1.29, 1.82) is 0 Å². The molecule has 6 rings (SSSR count). The topological polar surface area (TPSA) is 60.8 Å². The van der Waals surface area contributed by atoms with Crippen LogP contribution in [0.25, 0.3) is 11.3 Å². The van der Waals surface area contributed by atoms with Gasteiger partial charge in [-0.1, -0.05) is 49.6 Å². The minimum atomic E-state index is -0.578. The highest BCUT2D eigenvalue weighted by molar-refractivity contribution is 6.16. The number of amides is 2. The molecule has 2 aromatic carbocycles. The van der Waals surface area contributed by atoms with Crippen LogP contribution >= 0.6 is 0 Å². The number of aliphatic imine (C=N–C) groups is 1. The molecular weight excluding hydrogens is 489 g/mol. The van der Waals surface area contributed by atoms with Crippen LogP contribution in [0, 0.1) is 12.7 Å². The van der Waals surface area contributed by atoms with Crippen LogP contribution in [0.2, 0.25) is 0 Å². The number of likely N-dealkylation sites (tertiary alicyclic amines) is 1. The molecule has 39 heavy (non-hydrogen) atoms. The Morgan fingerprint density at radius 1 is 1.00 bits per heavy atom. The Hall–Kier alpha value is -3.58. The zero-order valence-corrected chi connectivity index (χ0v) is 22.6. The summed E-state index contributed by atoms with van der Waals surface area (Å²) in [6.45, 7) is 4.55. The smallest absolute Gasteiger partial charge is 0.350 e. The van der Waals surface area contributed by atoms with Crippen molar-refractivity contribution in [2.45, 2.75) is 70.0 Å². The molecule has 1 spiro atoms. The van der Waals surface area contributed by atoms with Gasteiger partial charge in [0.1, 0.15) is 17.2 Å². The number of hydrogen-bond acceptors (Lipinski definition) is 4. The summed E-state index contributed by atoms with van der Waals surface area (Å²) in [6, 6.07) is 19.1. The van der Waals surface area contributed by atoms with Crippen molar-refractivity contribution in [3.8, 4) is 11.3 Å². The molecule has 3 heterocycles. The van der Waals surface area contributed by atoms with Gasteiger partial charge in [-0.25, -0.2) is 9.18 Å². The third-order valence-corrected chi connectivity index (χ3v) is 8.58. The predicted octanol–water partition coefficient (Wildman–Crippen LogP) is 6.49. The standard InChI is InChI=1S/C32H36FN5O/c1-23-8-7-17-34-29(23)25-10-5-9-24(20-25)22-37-18-15-32(16-19-37)30(35-27-12-3-2-4-13-27)36-31(39)38(32)28-14-6-11-26(33)21-28/h5-11,14,17,20-21,27H,2-4,12-13,15-16,18-19,22H2,1H3,(H,35,36,39). The number of nitrogens with one attached hydrogen (secondary N) is 1. The maximum absolute atomic E-state index is 14.3. The molecule has 3 aromatic rings. The number of halogens is 1. The van der Waals surface area contributed by atoms with E-state index in [-0.39, 0.29) is 11.8 Å². The van der Waals surface area contributed by atoms with Crippen molar-refractivity contribution in [2.24, 2.45) is 4.99 Å². The molecule has 1 aromatic heterocycles. The number of urea groups is 1. The van der Waals surface area contributed by atoms with Crippen molar-refractivity contribution in [3.05, 3.63) is 83.8 Å². The van der Waals surface area contributed by atoms with E-state index < -0.39 is 5.54 Å². The summed E-state index contributed by atoms with van der Waals surface area (Å²) in [4.78, 5) is 26.7. The second kappa shape index (κ2) is 10.9. The number of hydrogen-bond donors (Lipinski definition) is 1. The third-order valence-electron chi connectivity index (χ3n) is 8.58. The first-order valence-electron chi connectivity index (χ1n) is 14.2. The molecule has 3 aliphatic rings. The van der Waals surface area contributed by atoms with E-state index in [1.54, 1.807) is 11.0 Å². The SMILES string of the molecule is Cc1cccnc1-c1cccc(CN2CCC3(CC2)C(NC2CCCCC2)=NC(=O)N3c2cccc(F)c2)c1. The maximum atomic E-state index is 14.3. The van der Waals surface area contributed by atoms with Crippen molar-refractivity contribution in [3.63, 3.8) is 0 Å². The molecule has 1 saturated carbocycles. The number of benzene rings is 2. The highest BCUT2D eigenvalue weighted by Gasteiger charge is 2.52. The minimum absolute atomic E-state index is 0.300. The first-order valence-corrected chi connectivity index (χ1v) is 14.2. The van der Waals surface area contributed by atoms with E-state index in [0.717, 1.165) is 68.0 Å². The Balaban J connectivity index is 1.22. The molecule has 0 atom stereocenters. The number of piperidine rings is 1. The van der Waals surface area contributed by atoms with Crippen LogP contribution in [0.3, 0.4) is 0 Å². The first kappa shape index (κ1) is 25.7. The number of nitrogens with zero attached hydrogens (tertiary/aromatic N) is 4. The monoisotopic (exact) mass is 525 g/mol. The molecule has 0 radical (unpaired) electrons. The van der Waals surface area contributed by atoms with Crippen molar-refractivity contribution in [1.82, 2.24) is 15.2 Å². The van der Waals surface area contributed by atoms with Gasteiger partial charge in [0, 0.05) is 43.1 Å². The predicted molar refractivity (Wildman–Crippen MR) is 153 cm³/mol. The van der Waals surface area contributed by atoms with E-state index in [9.17, 15) is 9.18 Å². The molecule has 1 saturated heterocycles. The van der Waals surface area contributed by atoms with Crippen LogP contribution in [0.4, 0.5) is 14.9 Å². The van der Waals surface area contributed by atoms with Crippen LogP contribution in [0.5, 0.6) is 0 Å². The van der Waals surface area contributed by atoms with Crippen LogP contribution < -0.4 is 10.2 Å². The second-order valence-corrected chi connectivity index (χ2v) is 11.2. The van der Waals surface area contributed by atoms with E-state index in [2.05, 4.69) is 57.4 Å². The van der Waals surface area contributed by atoms with Gasteiger partial charge in [0.2, 0.25) is 0 Å². The number of carbonyl (C=O) groups excluding carboxylic acids is 1. The summed E-state index contributed by atoms with van der Waals surface area (Å²) < 4.78 is 14.3. The number of amidine groups is 1. The van der Waals surface area contributed by atoms with Gasteiger partial charge in [-0.3, -0.25) is 14.8 Å². The lowest BCUT2D eigenvalue weighted by Gasteiger charge is -2.45. The molecule has 0 bridgehead atoms. The Labute approximate surface area is 230 Å². The average molecular weight is 526 g/mol. The fourth-order valence-corrected chi connectivity index (χ4v) is 6.52. The second-order valence-electron chi connectivity index (χ2n) is 11.2. The van der Waals surface area contributed by atoms with E-state index in [0.29, 0.717) is 11.7 Å². The molecule has 2 fully saturated rings. The average Bonchev–Trinajstić information content (AvgIpc) is 3.21. The molecule has 2 amide bonds. The molecule has 0 unspecified atom stereocenters. The molecule has 2 aliphatic heterocycles. The largest absolute Gasteiger partial charge is 0.369 e. The normalized spacial score (nSPS) is 19.9. The first-order chi connectivity index (χ1) is 19.0. The van der Waals surface area contributed by atoms with Gasteiger partial charge >= 0.3 is 6.03 Å². The number of rotatable bonds is 5. The maximum Gasteiger partial charge on any atom is 0.350 e. The lowest BCUT2D eigenvalue weighted by atomic mass is 9.83. The molecule has 6 nitrogen and oxygen atoms in total. The molecular formula is C32H36FN5O. The third kappa shape index (κ3) is 5.20. The van der Waals surface area contributed by atoms with E-state index in [4.69, 9.17) is 0 Å². The van der Waals surface area contributed by atoms with Gasteiger partial charge in [-0.05, 0) is 74.1 Å². The lowest BCUT2D eigenvalue weighted by Crippen LogP contribution is -2.62. The van der Waals surface area contributed by atoms with Gasteiger partial charge in [0.05, 0.1) is 5.69 Å². The Kier molecular flexibility index (Phi) is 7.17. The van der Waals surface area contributed by atoms with Crippen LogP contribution in [0.1, 0.15) is 56.1 Å². The van der Waals surface area contributed by atoms with E-state index >= 15 is 0 Å². The van der Waals surface area contributed by atoms with Crippen molar-refractivity contribution in [2.75, 3.05) is 18.0 Å². The Morgan fingerprint density at radius 2 is 1.79 bits per heavy atom. The molecule has 1 N–H and O–H groups in total. The van der Waals surface area contributed by atoms with E-state index in [1.165, 1.54) is 37.0 Å². The fourth-order valence-electron chi connectivity index (χ4n) is 6.52. The van der Waals surface area contributed by atoms with Gasteiger partial charge in [0.25, 0.3) is 0 Å². The van der Waals surface area contributed by atoms with Gasteiger partial charge in [0.15, 0.2) is 0 Å². The minimum Gasteiger partial charge on any atom is -0.369 e.